The highest BCUT2D eigenvalue weighted by molar-refractivity contribution is 8.00. The van der Waals surface area contributed by atoms with Crippen molar-refractivity contribution >= 4 is 45.7 Å². The second-order valence-electron chi connectivity index (χ2n) is 9.82. The molecular formula is C32H27N3O6S2. The quantitative estimate of drug-likeness (QED) is 0.0598. The van der Waals surface area contributed by atoms with Gasteiger partial charge < -0.3 is 19.3 Å². The van der Waals surface area contributed by atoms with E-state index in [1.54, 1.807) is 48.5 Å². The van der Waals surface area contributed by atoms with Gasteiger partial charge >= 0.3 is 5.91 Å². The number of benzene rings is 3. The Kier molecular flexibility index (Phi) is 8.17. The van der Waals surface area contributed by atoms with E-state index in [-0.39, 0.29) is 23.1 Å². The van der Waals surface area contributed by atoms with Crippen molar-refractivity contribution in [3.8, 4) is 17.2 Å². The van der Waals surface area contributed by atoms with Gasteiger partial charge in [-0.3, -0.25) is 14.5 Å². The fourth-order valence-corrected chi connectivity index (χ4v) is 6.63. The molecule has 218 valence electrons. The number of ketones is 1. The number of rotatable bonds is 9. The molecule has 3 aromatic carbocycles. The Morgan fingerprint density at radius 1 is 1.09 bits per heavy atom. The van der Waals surface area contributed by atoms with Crippen molar-refractivity contribution in [1.82, 2.24) is 10.2 Å². The average Bonchev–Trinajstić information content (AvgIpc) is 3.61. The molecule has 1 aromatic heterocycles. The van der Waals surface area contributed by atoms with E-state index in [1.807, 2.05) is 6.92 Å². The predicted octanol–water partition coefficient (Wildman–Crippen LogP) is 6.10. The minimum atomic E-state index is -0.983. The van der Waals surface area contributed by atoms with E-state index in [2.05, 4.69) is 41.0 Å². The SMILES string of the molecule is C=CCOc1cccc([C@@H]2/C(=C(\O)c3ccc4c(c3)OCCO4)C(=O)C(=O)N2c2nnc(SCc3ccc(C)cc3)s2)c1. The number of carbonyl (C=O) groups is 2. The van der Waals surface area contributed by atoms with Crippen LogP contribution in [0.2, 0.25) is 0 Å². The molecule has 0 bridgehead atoms. The van der Waals surface area contributed by atoms with E-state index in [1.165, 1.54) is 33.6 Å². The Morgan fingerprint density at radius 2 is 1.88 bits per heavy atom. The topological polar surface area (TPSA) is 111 Å². The highest BCUT2D eigenvalue weighted by atomic mass is 32.2. The summed E-state index contributed by atoms with van der Waals surface area (Å²) in [6.45, 7) is 6.78. The Hall–Kier alpha value is -4.61. The lowest BCUT2D eigenvalue weighted by Crippen LogP contribution is -2.29. The number of carbonyl (C=O) groups excluding carboxylic acids is 2. The molecule has 0 radical (unpaired) electrons. The van der Waals surface area contributed by atoms with Crippen LogP contribution in [0, 0.1) is 6.92 Å². The van der Waals surface area contributed by atoms with Gasteiger partial charge in [0.2, 0.25) is 5.13 Å². The molecule has 1 atom stereocenters. The van der Waals surface area contributed by atoms with Crippen molar-refractivity contribution in [2.45, 2.75) is 23.1 Å². The number of nitrogens with zero attached hydrogens (tertiary/aromatic N) is 3. The third-order valence-corrected chi connectivity index (χ3v) is 9.01. The van der Waals surface area contributed by atoms with Crippen molar-refractivity contribution in [1.29, 1.82) is 0 Å². The summed E-state index contributed by atoms with van der Waals surface area (Å²) in [5.41, 5.74) is 3.11. The van der Waals surface area contributed by atoms with Crippen LogP contribution in [0.1, 0.15) is 28.3 Å². The maximum atomic E-state index is 13.6. The first-order chi connectivity index (χ1) is 20.9. The maximum Gasteiger partial charge on any atom is 0.301 e. The Balaban J connectivity index is 1.39. The summed E-state index contributed by atoms with van der Waals surface area (Å²) in [5.74, 6) is 0.195. The molecule has 1 amide bonds. The van der Waals surface area contributed by atoms with E-state index in [0.29, 0.717) is 51.7 Å². The number of Topliss-reactive ketones (excluding diaryl/α,β-unsaturated/α-hetero) is 1. The maximum absolute atomic E-state index is 13.6. The Bertz CT molecular complexity index is 1730. The first-order valence-corrected chi connectivity index (χ1v) is 15.3. The van der Waals surface area contributed by atoms with Crippen molar-refractivity contribution < 1.29 is 28.9 Å². The number of hydrogen-bond acceptors (Lipinski definition) is 10. The smallest absolute Gasteiger partial charge is 0.301 e. The van der Waals surface area contributed by atoms with E-state index in [0.717, 1.165) is 5.56 Å². The summed E-state index contributed by atoms with van der Waals surface area (Å²) in [6, 6.07) is 19.2. The average molecular weight is 614 g/mol. The monoisotopic (exact) mass is 613 g/mol. The van der Waals surface area contributed by atoms with Gasteiger partial charge in [-0.15, -0.1) is 10.2 Å². The predicted molar refractivity (Wildman–Crippen MR) is 165 cm³/mol. The van der Waals surface area contributed by atoms with Crippen LogP contribution in [0.5, 0.6) is 17.2 Å². The molecule has 4 aromatic rings. The molecule has 0 unspecified atom stereocenters. The van der Waals surface area contributed by atoms with Crippen molar-refractivity contribution in [2.75, 3.05) is 24.7 Å². The largest absolute Gasteiger partial charge is 0.507 e. The number of amides is 1. The molecule has 9 nitrogen and oxygen atoms in total. The molecule has 2 aliphatic rings. The van der Waals surface area contributed by atoms with Crippen LogP contribution in [-0.2, 0) is 15.3 Å². The summed E-state index contributed by atoms with van der Waals surface area (Å²) in [4.78, 5) is 28.5. The standard InChI is InChI=1S/C32H27N3O6S2/c1-3-13-39-23-6-4-5-21(16-23)27-26(28(36)22-11-12-24-25(17-22)41-15-14-40-24)29(37)30(38)35(27)31-33-34-32(43-31)42-18-20-9-7-19(2)8-10-20/h3-12,16-17,27,36H,1,13-15,18H2,2H3/b28-26+/t27-/m1/s1. The zero-order valence-electron chi connectivity index (χ0n) is 23.2. The number of anilines is 1. The van der Waals surface area contributed by atoms with Crippen LogP contribution in [0.25, 0.3) is 5.76 Å². The number of aromatic nitrogens is 2. The molecule has 43 heavy (non-hydrogen) atoms. The van der Waals surface area contributed by atoms with Gasteiger partial charge in [-0.05, 0) is 48.4 Å². The van der Waals surface area contributed by atoms with Gasteiger partial charge in [-0.25, -0.2) is 0 Å². The zero-order valence-corrected chi connectivity index (χ0v) is 24.8. The zero-order chi connectivity index (χ0) is 29.9. The minimum absolute atomic E-state index is 0.0772. The summed E-state index contributed by atoms with van der Waals surface area (Å²) in [6.07, 6.45) is 1.62. The third-order valence-electron chi connectivity index (χ3n) is 6.89. The van der Waals surface area contributed by atoms with Crippen molar-refractivity contribution in [2.24, 2.45) is 0 Å². The lowest BCUT2D eigenvalue weighted by atomic mass is 9.95. The van der Waals surface area contributed by atoms with Gasteiger partial charge in [-0.2, -0.15) is 0 Å². The number of aryl methyl sites for hydroxylation is 1. The summed E-state index contributed by atoms with van der Waals surface area (Å²) in [5, 5.41) is 20.4. The van der Waals surface area contributed by atoms with Gasteiger partial charge in [0, 0.05) is 11.3 Å². The molecule has 1 fully saturated rings. The minimum Gasteiger partial charge on any atom is -0.507 e. The third kappa shape index (κ3) is 5.86. The molecule has 2 aliphatic heterocycles. The fraction of sp³-hybridized carbons (Fsp3) is 0.188. The van der Waals surface area contributed by atoms with Crippen LogP contribution < -0.4 is 19.1 Å². The highest BCUT2D eigenvalue weighted by Gasteiger charge is 2.48. The molecule has 1 N–H and O–H groups in total. The van der Waals surface area contributed by atoms with Crippen LogP contribution in [-0.4, -0.2) is 46.8 Å². The van der Waals surface area contributed by atoms with E-state index in [9.17, 15) is 14.7 Å². The molecule has 6 rings (SSSR count). The number of hydrogen-bond donors (Lipinski definition) is 1. The van der Waals surface area contributed by atoms with Gasteiger partial charge in [0.15, 0.2) is 15.8 Å². The normalized spacial score (nSPS) is 17.2. The molecule has 1 saturated heterocycles. The van der Waals surface area contributed by atoms with E-state index >= 15 is 0 Å². The number of aliphatic hydroxyl groups is 1. The lowest BCUT2D eigenvalue weighted by Gasteiger charge is -2.23. The molecule has 0 saturated carbocycles. The van der Waals surface area contributed by atoms with E-state index in [4.69, 9.17) is 14.2 Å². The van der Waals surface area contributed by atoms with Crippen molar-refractivity contribution in [3.63, 3.8) is 0 Å². The van der Waals surface area contributed by atoms with Crippen LogP contribution in [0.15, 0.2) is 89.3 Å². The Morgan fingerprint density at radius 3 is 2.67 bits per heavy atom. The first kappa shape index (κ1) is 28.5. The number of thioether (sulfide) groups is 1. The van der Waals surface area contributed by atoms with Crippen LogP contribution in [0.4, 0.5) is 5.13 Å². The second-order valence-corrected chi connectivity index (χ2v) is 12.0. The van der Waals surface area contributed by atoms with Gasteiger partial charge in [-0.1, -0.05) is 77.7 Å². The van der Waals surface area contributed by atoms with Crippen LogP contribution >= 0.6 is 23.1 Å². The first-order valence-electron chi connectivity index (χ1n) is 13.5. The van der Waals surface area contributed by atoms with Gasteiger partial charge in [0.25, 0.3) is 5.78 Å². The summed E-state index contributed by atoms with van der Waals surface area (Å²) in [7, 11) is 0. The van der Waals surface area contributed by atoms with Crippen LogP contribution in [0.3, 0.4) is 0 Å². The molecule has 3 heterocycles. The second kappa shape index (κ2) is 12.3. The summed E-state index contributed by atoms with van der Waals surface area (Å²) >= 11 is 2.70. The number of aliphatic hydroxyl groups excluding tert-OH is 1. The molecule has 0 aliphatic carbocycles. The van der Waals surface area contributed by atoms with Crippen molar-refractivity contribution in [3.05, 3.63) is 107 Å². The number of fused-ring (bicyclic) bond motifs is 1. The molecule has 0 spiro atoms. The summed E-state index contributed by atoms with van der Waals surface area (Å²) < 4.78 is 17.7. The van der Waals surface area contributed by atoms with E-state index < -0.39 is 17.7 Å². The Labute approximate surface area is 256 Å². The molecule has 11 heteroatoms. The molecular weight excluding hydrogens is 587 g/mol. The fourth-order valence-electron chi connectivity index (χ4n) is 4.81. The highest BCUT2D eigenvalue weighted by Crippen LogP contribution is 2.45. The van der Waals surface area contributed by atoms with Gasteiger partial charge in [0.05, 0.1) is 11.6 Å². The lowest BCUT2D eigenvalue weighted by molar-refractivity contribution is -0.132. The van der Waals surface area contributed by atoms with Gasteiger partial charge in [0.1, 0.15) is 31.3 Å². The number of ether oxygens (including phenoxy) is 3.